The van der Waals surface area contributed by atoms with E-state index in [1.54, 1.807) is 18.2 Å². The highest BCUT2D eigenvalue weighted by Crippen LogP contribution is 2.49. The number of hydrogen-bond donors (Lipinski definition) is 2. The molecule has 1 aromatic rings. The Balaban J connectivity index is 1.55. The minimum atomic E-state index is -3.43. The van der Waals surface area contributed by atoms with E-state index in [0.717, 1.165) is 17.4 Å². The molecule has 1 aromatic carbocycles. The Hall–Kier alpha value is -1.66. The smallest absolute Gasteiger partial charge is 0.244 e. The normalized spacial score (nSPS) is 26.9. The van der Waals surface area contributed by atoms with Gasteiger partial charge in [-0.15, -0.1) is 0 Å². The van der Waals surface area contributed by atoms with Crippen LogP contribution in [0.3, 0.4) is 0 Å². The topological polar surface area (TPSA) is 75.3 Å². The summed E-state index contributed by atoms with van der Waals surface area (Å²) in [5, 5.41) is 3.09. The molecule has 3 rings (SSSR count). The Bertz CT molecular complexity index is 755. The van der Waals surface area contributed by atoms with Crippen molar-refractivity contribution in [1.82, 2.24) is 10.0 Å². The molecular weight excluding hydrogens is 336 g/mol. The standard InChI is InChI=1S/C19H26N2O3S/c1-13(18-12-15-3-7-16(18)11-15)21-19(22)10-6-14-4-8-17(9-5-14)25(23,24)20-2/h4-6,8-10,13,15-16,18,20H,3,7,11-12H2,1-2H3,(H,21,22). The molecule has 136 valence electrons. The molecule has 0 heterocycles. The number of rotatable bonds is 6. The molecule has 1 amide bonds. The van der Waals surface area contributed by atoms with Gasteiger partial charge in [0.2, 0.25) is 15.9 Å². The van der Waals surface area contributed by atoms with Gasteiger partial charge in [0.15, 0.2) is 0 Å². The van der Waals surface area contributed by atoms with Crippen LogP contribution in [0.1, 0.15) is 38.2 Å². The lowest BCUT2D eigenvalue weighted by Gasteiger charge is -2.28. The molecule has 2 aliphatic rings. The Kier molecular flexibility index (Phi) is 5.29. The van der Waals surface area contributed by atoms with Crippen LogP contribution in [0.4, 0.5) is 0 Å². The zero-order valence-corrected chi connectivity index (χ0v) is 15.6. The SMILES string of the molecule is CNS(=O)(=O)c1ccc(C=CC(=O)NC(C)C2CC3CCC2C3)cc1. The molecule has 2 aliphatic carbocycles. The highest BCUT2D eigenvalue weighted by Gasteiger charge is 2.41. The fourth-order valence-electron chi connectivity index (χ4n) is 4.33. The Morgan fingerprint density at radius 1 is 1.20 bits per heavy atom. The van der Waals surface area contributed by atoms with Crippen molar-refractivity contribution in [1.29, 1.82) is 0 Å². The highest BCUT2D eigenvalue weighted by atomic mass is 32.2. The number of carbonyl (C=O) groups is 1. The first-order valence-corrected chi connectivity index (χ1v) is 10.4. The first-order valence-electron chi connectivity index (χ1n) is 8.91. The number of amides is 1. The van der Waals surface area contributed by atoms with Crippen molar-refractivity contribution in [2.24, 2.45) is 17.8 Å². The van der Waals surface area contributed by atoms with Gasteiger partial charge in [-0.3, -0.25) is 4.79 Å². The minimum absolute atomic E-state index is 0.0952. The van der Waals surface area contributed by atoms with Crippen LogP contribution in [0.25, 0.3) is 6.08 Å². The van der Waals surface area contributed by atoms with Crippen LogP contribution >= 0.6 is 0 Å². The van der Waals surface area contributed by atoms with Crippen LogP contribution < -0.4 is 10.0 Å². The third-order valence-corrected chi connectivity index (χ3v) is 7.12. The molecule has 2 saturated carbocycles. The molecule has 2 bridgehead atoms. The monoisotopic (exact) mass is 362 g/mol. The Morgan fingerprint density at radius 2 is 1.92 bits per heavy atom. The van der Waals surface area contributed by atoms with Crippen LogP contribution in [-0.2, 0) is 14.8 Å². The van der Waals surface area contributed by atoms with Gasteiger partial charge in [-0.2, -0.15) is 0 Å². The Morgan fingerprint density at radius 3 is 2.48 bits per heavy atom. The maximum absolute atomic E-state index is 12.2. The van der Waals surface area contributed by atoms with E-state index in [9.17, 15) is 13.2 Å². The summed E-state index contributed by atoms with van der Waals surface area (Å²) in [5.41, 5.74) is 0.790. The predicted octanol–water partition coefficient (Wildman–Crippen LogP) is 2.55. The average Bonchev–Trinajstić information content (AvgIpc) is 3.23. The van der Waals surface area contributed by atoms with Crippen LogP contribution in [0.5, 0.6) is 0 Å². The third kappa shape index (κ3) is 4.12. The molecule has 0 aromatic heterocycles. The lowest BCUT2D eigenvalue weighted by Crippen LogP contribution is -2.39. The van der Waals surface area contributed by atoms with Crippen molar-refractivity contribution in [3.8, 4) is 0 Å². The maximum atomic E-state index is 12.2. The molecule has 4 atom stereocenters. The number of nitrogens with one attached hydrogen (secondary N) is 2. The molecule has 25 heavy (non-hydrogen) atoms. The molecule has 0 radical (unpaired) electrons. The van der Waals surface area contributed by atoms with Gasteiger partial charge in [0.1, 0.15) is 0 Å². The van der Waals surface area contributed by atoms with Gasteiger partial charge in [-0.25, -0.2) is 13.1 Å². The van der Waals surface area contributed by atoms with Crippen LogP contribution in [0.2, 0.25) is 0 Å². The molecule has 6 heteroatoms. The van der Waals surface area contributed by atoms with Gasteiger partial charge in [-0.1, -0.05) is 18.6 Å². The number of benzene rings is 1. The van der Waals surface area contributed by atoms with Crippen LogP contribution in [0.15, 0.2) is 35.2 Å². The molecule has 2 fully saturated rings. The largest absolute Gasteiger partial charge is 0.350 e. The summed E-state index contributed by atoms with van der Waals surface area (Å²) in [6.45, 7) is 2.11. The predicted molar refractivity (Wildman–Crippen MR) is 98.3 cm³/mol. The minimum Gasteiger partial charge on any atom is -0.350 e. The molecule has 5 nitrogen and oxygen atoms in total. The van der Waals surface area contributed by atoms with Gasteiger partial charge < -0.3 is 5.32 Å². The summed E-state index contributed by atoms with van der Waals surface area (Å²) >= 11 is 0. The van der Waals surface area contributed by atoms with Crippen molar-refractivity contribution >= 4 is 22.0 Å². The summed E-state index contributed by atoms with van der Waals surface area (Å²) in [6.07, 6.45) is 8.48. The third-order valence-electron chi connectivity index (χ3n) is 5.69. The van der Waals surface area contributed by atoms with E-state index in [2.05, 4.69) is 17.0 Å². The van der Waals surface area contributed by atoms with Gasteiger partial charge in [0.05, 0.1) is 4.90 Å². The molecule has 0 spiro atoms. The lowest BCUT2D eigenvalue weighted by atomic mass is 9.84. The molecule has 2 N–H and O–H groups in total. The van der Waals surface area contributed by atoms with E-state index in [0.29, 0.717) is 5.92 Å². The molecular formula is C19H26N2O3S. The van der Waals surface area contributed by atoms with E-state index in [-0.39, 0.29) is 16.8 Å². The second-order valence-electron chi connectivity index (χ2n) is 7.25. The summed E-state index contributed by atoms with van der Waals surface area (Å²) in [6, 6.07) is 6.64. The summed E-state index contributed by atoms with van der Waals surface area (Å²) < 4.78 is 25.7. The van der Waals surface area contributed by atoms with Gasteiger partial charge in [0, 0.05) is 12.1 Å². The first-order chi connectivity index (χ1) is 11.9. The second-order valence-corrected chi connectivity index (χ2v) is 9.13. The van der Waals surface area contributed by atoms with Crippen molar-refractivity contribution in [3.63, 3.8) is 0 Å². The zero-order chi connectivity index (χ0) is 18.0. The van der Waals surface area contributed by atoms with E-state index in [1.165, 1.54) is 50.9 Å². The first kappa shape index (κ1) is 18.1. The molecule has 0 aliphatic heterocycles. The van der Waals surface area contributed by atoms with E-state index in [4.69, 9.17) is 0 Å². The van der Waals surface area contributed by atoms with E-state index in [1.807, 2.05) is 0 Å². The summed E-state index contributed by atoms with van der Waals surface area (Å²) in [5.74, 6) is 2.17. The Labute approximate surface area is 149 Å². The second kappa shape index (κ2) is 7.30. The number of fused-ring (bicyclic) bond motifs is 2. The fourth-order valence-corrected chi connectivity index (χ4v) is 5.06. The van der Waals surface area contributed by atoms with Crippen molar-refractivity contribution in [3.05, 3.63) is 35.9 Å². The van der Waals surface area contributed by atoms with Crippen molar-refractivity contribution in [2.75, 3.05) is 7.05 Å². The number of sulfonamides is 1. The van der Waals surface area contributed by atoms with Crippen LogP contribution in [-0.4, -0.2) is 27.4 Å². The summed E-state index contributed by atoms with van der Waals surface area (Å²) in [7, 11) is -2.05. The molecule has 0 saturated heterocycles. The van der Waals surface area contributed by atoms with Crippen molar-refractivity contribution in [2.45, 2.75) is 43.5 Å². The molecule has 4 unspecified atom stereocenters. The average molecular weight is 362 g/mol. The van der Waals surface area contributed by atoms with Crippen molar-refractivity contribution < 1.29 is 13.2 Å². The fraction of sp³-hybridized carbons (Fsp3) is 0.526. The quantitative estimate of drug-likeness (QED) is 0.764. The zero-order valence-electron chi connectivity index (χ0n) is 14.7. The summed E-state index contributed by atoms with van der Waals surface area (Å²) in [4.78, 5) is 12.4. The highest BCUT2D eigenvalue weighted by molar-refractivity contribution is 7.89. The van der Waals surface area contributed by atoms with E-state index >= 15 is 0 Å². The van der Waals surface area contributed by atoms with Gasteiger partial charge in [-0.05, 0) is 74.8 Å². The van der Waals surface area contributed by atoms with Gasteiger partial charge in [0.25, 0.3) is 0 Å². The van der Waals surface area contributed by atoms with Crippen LogP contribution in [0, 0.1) is 17.8 Å². The van der Waals surface area contributed by atoms with Gasteiger partial charge >= 0.3 is 0 Å². The number of carbonyl (C=O) groups excluding carboxylic acids is 1. The van der Waals surface area contributed by atoms with E-state index < -0.39 is 10.0 Å². The number of hydrogen-bond acceptors (Lipinski definition) is 3. The maximum Gasteiger partial charge on any atom is 0.244 e. The lowest BCUT2D eigenvalue weighted by molar-refractivity contribution is -0.117.